The molecule has 5 heteroatoms. The van der Waals surface area contributed by atoms with Gasteiger partial charge in [0.15, 0.2) is 0 Å². The van der Waals surface area contributed by atoms with Crippen LogP contribution in [0.5, 0.6) is 0 Å². The SMILES string of the molecule is Cc1cc(C(=O)N2CCC(c3nc4ccccc4[nH]3)CC2)c2ccccc2n1. The number of pyridine rings is 1. The highest BCUT2D eigenvalue weighted by molar-refractivity contribution is 6.06. The van der Waals surface area contributed by atoms with E-state index in [1.54, 1.807) is 0 Å². The molecule has 0 saturated carbocycles. The first-order chi connectivity index (χ1) is 13.7. The van der Waals surface area contributed by atoms with E-state index in [1.165, 1.54) is 0 Å². The van der Waals surface area contributed by atoms with Crippen molar-refractivity contribution < 1.29 is 4.79 Å². The molecule has 0 radical (unpaired) electrons. The number of imidazole rings is 1. The Morgan fingerprint density at radius 1 is 1.00 bits per heavy atom. The van der Waals surface area contributed by atoms with Crippen molar-refractivity contribution in [2.75, 3.05) is 13.1 Å². The Morgan fingerprint density at radius 2 is 1.71 bits per heavy atom. The number of carbonyl (C=O) groups excluding carboxylic acids is 1. The summed E-state index contributed by atoms with van der Waals surface area (Å²) >= 11 is 0. The van der Waals surface area contributed by atoms with Crippen LogP contribution in [0.25, 0.3) is 21.9 Å². The summed E-state index contributed by atoms with van der Waals surface area (Å²) < 4.78 is 0. The van der Waals surface area contributed by atoms with Crippen molar-refractivity contribution in [2.24, 2.45) is 0 Å². The van der Waals surface area contributed by atoms with Crippen LogP contribution in [-0.2, 0) is 0 Å². The molecule has 28 heavy (non-hydrogen) atoms. The molecule has 1 aliphatic rings. The van der Waals surface area contributed by atoms with Crippen LogP contribution in [0.1, 0.15) is 40.6 Å². The third kappa shape index (κ3) is 2.93. The number of aryl methyl sites for hydroxylation is 1. The van der Waals surface area contributed by atoms with E-state index < -0.39 is 0 Å². The van der Waals surface area contributed by atoms with Gasteiger partial charge in [-0.1, -0.05) is 30.3 Å². The zero-order valence-electron chi connectivity index (χ0n) is 15.9. The van der Waals surface area contributed by atoms with Crippen LogP contribution in [0.3, 0.4) is 0 Å². The fourth-order valence-corrected chi connectivity index (χ4v) is 4.18. The third-order valence-electron chi connectivity index (χ3n) is 5.65. The molecular formula is C23H22N4O. The number of aromatic nitrogens is 3. The van der Waals surface area contributed by atoms with E-state index in [0.29, 0.717) is 5.92 Å². The second kappa shape index (κ2) is 6.75. The molecule has 4 aromatic rings. The number of H-pyrrole nitrogens is 1. The first-order valence-corrected chi connectivity index (χ1v) is 9.79. The van der Waals surface area contributed by atoms with Gasteiger partial charge in [0.1, 0.15) is 5.82 Å². The number of amides is 1. The van der Waals surface area contributed by atoms with Crippen molar-refractivity contribution in [3.63, 3.8) is 0 Å². The number of fused-ring (bicyclic) bond motifs is 2. The predicted octanol–water partition coefficient (Wildman–Crippen LogP) is 4.44. The Balaban J connectivity index is 1.36. The average Bonchev–Trinajstić information content (AvgIpc) is 3.17. The van der Waals surface area contributed by atoms with Gasteiger partial charge in [-0.25, -0.2) is 4.98 Å². The molecule has 1 amide bonds. The van der Waals surface area contributed by atoms with Crippen LogP contribution in [0.4, 0.5) is 0 Å². The number of piperidine rings is 1. The topological polar surface area (TPSA) is 61.9 Å². The van der Waals surface area contributed by atoms with Crippen molar-refractivity contribution in [3.05, 3.63) is 71.7 Å². The molecule has 2 aromatic carbocycles. The van der Waals surface area contributed by atoms with E-state index in [2.05, 4.69) is 16.0 Å². The van der Waals surface area contributed by atoms with Gasteiger partial charge >= 0.3 is 0 Å². The monoisotopic (exact) mass is 370 g/mol. The molecule has 140 valence electrons. The second-order valence-electron chi connectivity index (χ2n) is 7.53. The van der Waals surface area contributed by atoms with Crippen LogP contribution >= 0.6 is 0 Å². The van der Waals surface area contributed by atoms with Crippen LogP contribution in [0.15, 0.2) is 54.6 Å². The zero-order chi connectivity index (χ0) is 19.1. The number of benzene rings is 2. The standard InChI is InChI=1S/C23H22N4O/c1-15-14-18(17-6-2-3-7-19(17)24-15)23(28)27-12-10-16(11-13-27)22-25-20-8-4-5-9-21(20)26-22/h2-9,14,16H,10-13H2,1H3,(H,25,26). The number of para-hydroxylation sites is 3. The van der Waals surface area contributed by atoms with Crippen LogP contribution in [0, 0.1) is 6.92 Å². The minimum absolute atomic E-state index is 0.102. The Hall–Kier alpha value is -3.21. The van der Waals surface area contributed by atoms with E-state index in [1.807, 2.05) is 60.4 Å². The fourth-order valence-electron chi connectivity index (χ4n) is 4.18. The van der Waals surface area contributed by atoms with E-state index in [-0.39, 0.29) is 5.91 Å². The van der Waals surface area contributed by atoms with E-state index in [0.717, 1.165) is 64.9 Å². The van der Waals surface area contributed by atoms with Gasteiger partial charge in [0.2, 0.25) is 0 Å². The molecule has 2 aromatic heterocycles. The lowest BCUT2D eigenvalue weighted by Crippen LogP contribution is -2.38. The molecule has 0 aliphatic carbocycles. The third-order valence-corrected chi connectivity index (χ3v) is 5.65. The molecule has 0 spiro atoms. The highest BCUT2D eigenvalue weighted by Gasteiger charge is 2.27. The molecule has 0 bridgehead atoms. The molecule has 1 fully saturated rings. The van der Waals surface area contributed by atoms with Gasteiger partial charge in [-0.05, 0) is 44.0 Å². The maximum absolute atomic E-state index is 13.2. The summed E-state index contributed by atoms with van der Waals surface area (Å²) in [5, 5.41) is 0.928. The van der Waals surface area contributed by atoms with Crippen molar-refractivity contribution in [2.45, 2.75) is 25.7 Å². The summed E-state index contributed by atoms with van der Waals surface area (Å²) in [6.07, 6.45) is 1.85. The molecule has 1 saturated heterocycles. The lowest BCUT2D eigenvalue weighted by atomic mass is 9.95. The first kappa shape index (κ1) is 16.9. The van der Waals surface area contributed by atoms with E-state index in [4.69, 9.17) is 4.98 Å². The maximum atomic E-state index is 13.2. The number of aromatic amines is 1. The number of nitrogens with zero attached hydrogens (tertiary/aromatic N) is 3. The molecule has 5 nitrogen and oxygen atoms in total. The summed E-state index contributed by atoms with van der Waals surface area (Å²) in [5.74, 6) is 1.51. The summed E-state index contributed by atoms with van der Waals surface area (Å²) in [4.78, 5) is 28.0. The number of carbonyl (C=O) groups is 1. The normalized spacial score (nSPS) is 15.4. The Morgan fingerprint density at radius 3 is 2.50 bits per heavy atom. The van der Waals surface area contributed by atoms with Crippen LogP contribution < -0.4 is 0 Å². The van der Waals surface area contributed by atoms with Gasteiger partial charge in [0.25, 0.3) is 5.91 Å². The van der Waals surface area contributed by atoms with Crippen molar-refractivity contribution in [3.8, 4) is 0 Å². The summed E-state index contributed by atoms with van der Waals surface area (Å²) in [7, 11) is 0. The highest BCUT2D eigenvalue weighted by Crippen LogP contribution is 2.29. The Kier molecular flexibility index (Phi) is 4.08. The van der Waals surface area contributed by atoms with Gasteiger partial charge in [0.05, 0.1) is 22.1 Å². The second-order valence-corrected chi connectivity index (χ2v) is 7.53. The van der Waals surface area contributed by atoms with Crippen molar-refractivity contribution >= 4 is 27.8 Å². The van der Waals surface area contributed by atoms with Gasteiger partial charge in [-0.2, -0.15) is 0 Å². The van der Waals surface area contributed by atoms with Crippen molar-refractivity contribution in [1.82, 2.24) is 19.9 Å². The lowest BCUT2D eigenvalue weighted by molar-refractivity contribution is 0.0713. The fraction of sp³-hybridized carbons (Fsp3) is 0.261. The minimum atomic E-state index is 0.102. The average molecular weight is 370 g/mol. The quantitative estimate of drug-likeness (QED) is 0.567. The number of nitrogens with one attached hydrogen (secondary N) is 1. The Labute approximate surface area is 163 Å². The summed E-state index contributed by atoms with van der Waals surface area (Å²) in [6, 6.07) is 17.9. The smallest absolute Gasteiger partial charge is 0.254 e. The van der Waals surface area contributed by atoms with E-state index >= 15 is 0 Å². The Bertz CT molecular complexity index is 1140. The summed E-state index contributed by atoms with van der Waals surface area (Å²) in [5.41, 5.74) is 4.59. The van der Waals surface area contributed by atoms with Gasteiger partial charge < -0.3 is 9.88 Å². The molecule has 0 unspecified atom stereocenters. The van der Waals surface area contributed by atoms with Crippen LogP contribution in [0.2, 0.25) is 0 Å². The van der Waals surface area contributed by atoms with Gasteiger partial charge in [-0.15, -0.1) is 0 Å². The van der Waals surface area contributed by atoms with Crippen molar-refractivity contribution in [1.29, 1.82) is 0 Å². The highest BCUT2D eigenvalue weighted by atomic mass is 16.2. The molecule has 1 N–H and O–H groups in total. The maximum Gasteiger partial charge on any atom is 0.254 e. The van der Waals surface area contributed by atoms with Gasteiger partial charge in [0, 0.05) is 30.1 Å². The minimum Gasteiger partial charge on any atom is -0.342 e. The predicted molar refractivity (Wildman–Crippen MR) is 110 cm³/mol. The molecule has 1 aliphatic heterocycles. The number of hydrogen-bond acceptors (Lipinski definition) is 3. The zero-order valence-corrected chi connectivity index (χ0v) is 15.9. The largest absolute Gasteiger partial charge is 0.342 e. The molecule has 0 atom stereocenters. The first-order valence-electron chi connectivity index (χ1n) is 9.79. The van der Waals surface area contributed by atoms with E-state index in [9.17, 15) is 4.79 Å². The number of rotatable bonds is 2. The van der Waals surface area contributed by atoms with Gasteiger partial charge in [-0.3, -0.25) is 9.78 Å². The molecular weight excluding hydrogens is 348 g/mol. The summed E-state index contributed by atoms with van der Waals surface area (Å²) in [6.45, 7) is 3.43. The number of hydrogen-bond donors (Lipinski definition) is 1. The number of likely N-dealkylation sites (tertiary alicyclic amines) is 1. The molecule has 3 heterocycles. The lowest BCUT2D eigenvalue weighted by Gasteiger charge is -2.31. The van der Waals surface area contributed by atoms with Crippen LogP contribution in [-0.4, -0.2) is 38.8 Å². The molecule has 5 rings (SSSR count).